The average molecular weight is 459 g/mol. The molecule has 3 aromatic carbocycles. The molecule has 0 bridgehead atoms. The van der Waals surface area contributed by atoms with Gasteiger partial charge in [-0.3, -0.25) is 9.59 Å². The summed E-state index contributed by atoms with van der Waals surface area (Å²) in [6.45, 7) is 1.48. The fourth-order valence-corrected chi connectivity index (χ4v) is 4.22. The molecule has 2 atom stereocenters. The second kappa shape index (κ2) is 10.2. The predicted octanol–water partition coefficient (Wildman–Crippen LogP) is 3.73. The summed E-state index contributed by atoms with van der Waals surface area (Å²) in [4.78, 5) is 36.6. The van der Waals surface area contributed by atoms with Gasteiger partial charge in [0, 0.05) is 12.3 Å². The van der Waals surface area contributed by atoms with Gasteiger partial charge in [0.1, 0.15) is 18.7 Å². The van der Waals surface area contributed by atoms with Crippen molar-refractivity contribution >= 4 is 18.0 Å². The number of fused-ring (bicyclic) bond motifs is 3. The molecule has 0 saturated carbocycles. The van der Waals surface area contributed by atoms with E-state index in [0.29, 0.717) is 0 Å². The molecule has 0 aromatic heterocycles. The van der Waals surface area contributed by atoms with Crippen LogP contribution in [0.3, 0.4) is 0 Å². The third kappa shape index (κ3) is 5.09. The Morgan fingerprint density at radius 2 is 1.41 bits per heavy atom. The minimum absolute atomic E-state index is 0.105. The number of hydrogen-bond acceptors (Lipinski definition) is 4. The second-order valence-electron chi connectivity index (χ2n) is 8.28. The average Bonchev–Trinajstić information content (AvgIpc) is 3.16. The van der Waals surface area contributed by atoms with Crippen molar-refractivity contribution in [2.24, 2.45) is 0 Å². The van der Waals surface area contributed by atoms with Gasteiger partial charge >= 0.3 is 12.1 Å². The summed E-state index contributed by atoms with van der Waals surface area (Å²) in [6.07, 6.45) is -0.538. The van der Waals surface area contributed by atoms with E-state index in [0.717, 1.165) is 27.8 Å². The summed E-state index contributed by atoms with van der Waals surface area (Å²) in [6, 6.07) is 23.2. The third-order valence-electron chi connectivity index (χ3n) is 5.96. The maximum Gasteiger partial charge on any atom is 0.407 e. The molecule has 0 spiro atoms. The Balaban J connectivity index is 1.45. The number of carbonyl (C=O) groups is 3. The fraction of sp³-hybridized carbons (Fsp3) is 0.222. The number of carboxylic acid groups (broad SMARTS) is 1. The lowest BCUT2D eigenvalue weighted by Crippen LogP contribution is -2.51. The maximum atomic E-state index is 12.7. The van der Waals surface area contributed by atoms with Crippen molar-refractivity contribution in [3.63, 3.8) is 0 Å². The van der Waals surface area contributed by atoms with Gasteiger partial charge in [0.05, 0.1) is 0 Å². The van der Waals surface area contributed by atoms with Crippen molar-refractivity contribution in [1.82, 2.24) is 10.6 Å². The quantitative estimate of drug-likeness (QED) is 0.477. The van der Waals surface area contributed by atoms with E-state index in [-0.39, 0.29) is 18.9 Å². The number of hydrogen-bond donors (Lipinski definition) is 3. The number of alkyl carbamates (subject to hydrolysis) is 1. The van der Waals surface area contributed by atoms with Crippen LogP contribution in [0.1, 0.15) is 29.5 Å². The number of benzene rings is 3. The lowest BCUT2D eigenvalue weighted by molar-refractivity contribution is -0.141. The predicted molar refractivity (Wildman–Crippen MR) is 127 cm³/mol. The molecule has 4 rings (SSSR count). The van der Waals surface area contributed by atoms with Gasteiger partial charge in [0.25, 0.3) is 0 Å². The molecule has 7 nitrogen and oxygen atoms in total. The largest absolute Gasteiger partial charge is 0.480 e. The molecule has 0 unspecified atom stereocenters. The molecule has 0 saturated heterocycles. The molecule has 0 fully saturated rings. The molecule has 34 heavy (non-hydrogen) atoms. The van der Waals surface area contributed by atoms with Crippen LogP contribution in [0, 0.1) is 0 Å². The van der Waals surface area contributed by atoms with Gasteiger partial charge in [-0.2, -0.15) is 0 Å². The Kier molecular flexibility index (Phi) is 6.92. The zero-order valence-corrected chi connectivity index (χ0v) is 18.7. The first-order valence-corrected chi connectivity index (χ1v) is 11.1. The first-order valence-electron chi connectivity index (χ1n) is 11.1. The van der Waals surface area contributed by atoms with Crippen molar-refractivity contribution in [2.75, 3.05) is 6.61 Å². The summed E-state index contributed by atoms with van der Waals surface area (Å²) in [7, 11) is 0. The fourth-order valence-electron chi connectivity index (χ4n) is 4.22. The zero-order chi connectivity index (χ0) is 24.1. The smallest absolute Gasteiger partial charge is 0.407 e. The summed E-state index contributed by atoms with van der Waals surface area (Å²) in [5.74, 6) is -1.85. The Morgan fingerprint density at radius 3 is 2.00 bits per heavy atom. The van der Waals surface area contributed by atoms with Gasteiger partial charge in [-0.15, -0.1) is 0 Å². The molecule has 7 heteroatoms. The van der Waals surface area contributed by atoms with E-state index in [1.807, 2.05) is 66.7 Å². The standard InChI is InChI=1S/C27H26N2O5/c1-17(26(31)32)28-25(30)24(15-18-9-3-2-4-10-18)29-27(33)34-16-23-21-13-7-5-11-19(21)20-12-6-8-14-22(20)23/h2-14,17,23-24H,15-16H2,1H3,(H,28,30)(H,29,33)(H,31,32)/t17-,24+/m0/s1. The third-order valence-corrected chi connectivity index (χ3v) is 5.96. The first-order chi connectivity index (χ1) is 16.4. The van der Waals surface area contributed by atoms with Crippen LogP contribution in [0.5, 0.6) is 0 Å². The summed E-state index contributed by atoms with van der Waals surface area (Å²) in [5.41, 5.74) is 5.24. The minimum Gasteiger partial charge on any atom is -0.480 e. The van der Waals surface area contributed by atoms with Crippen LogP contribution < -0.4 is 10.6 Å². The van der Waals surface area contributed by atoms with Crippen molar-refractivity contribution in [2.45, 2.75) is 31.3 Å². The van der Waals surface area contributed by atoms with Crippen molar-refractivity contribution in [3.05, 3.63) is 95.6 Å². The van der Waals surface area contributed by atoms with E-state index < -0.39 is 30.1 Å². The van der Waals surface area contributed by atoms with Gasteiger partial charge in [-0.1, -0.05) is 78.9 Å². The van der Waals surface area contributed by atoms with Gasteiger partial charge in [-0.05, 0) is 34.7 Å². The molecule has 1 aliphatic carbocycles. The molecule has 0 aliphatic heterocycles. The topological polar surface area (TPSA) is 105 Å². The maximum absolute atomic E-state index is 12.7. The van der Waals surface area contributed by atoms with Gasteiger partial charge in [0.15, 0.2) is 0 Å². The van der Waals surface area contributed by atoms with Crippen molar-refractivity contribution in [3.8, 4) is 11.1 Å². The Hall–Kier alpha value is -4.13. The monoisotopic (exact) mass is 458 g/mol. The highest BCUT2D eigenvalue weighted by Gasteiger charge is 2.30. The molecule has 0 radical (unpaired) electrons. The Labute approximate surface area is 197 Å². The minimum atomic E-state index is -1.16. The highest BCUT2D eigenvalue weighted by Crippen LogP contribution is 2.44. The number of carbonyl (C=O) groups excluding carboxylic acids is 2. The van der Waals surface area contributed by atoms with Crippen LogP contribution >= 0.6 is 0 Å². The normalized spacial score (nSPS) is 13.8. The van der Waals surface area contributed by atoms with E-state index >= 15 is 0 Å². The van der Waals surface area contributed by atoms with Crippen molar-refractivity contribution in [1.29, 1.82) is 0 Å². The van der Waals surface area contributed by atoms with E-state index in [4.69, 9.17) is 9.84 Å². The molecule has 3 aromatic rings. The van der Waals surface area contributed by atoms with Gasteiger partial charge in [-0.25, -0.2) is 4.79 Å². The number of ether oxygens (including phenoxy) is 1. The summed E-state index contributed by atoms with van der Waals surface area (Å²) < 4.78 is 5.56. The lowest BCUT2D eigenvalue weighted by atomic mass is 9.98. The van der Waals surface area contributed by atoms with Crippen LogP contribution in [-0.4, -0.2) is 41.8 Å². The first kappa shape index (κ1) is 23.0. The van der Waals surface area contributed by atoms with Crippen LogP contribution in [0.2, 0.25) is 0 Å². The Bertz CT molecular complexity index is 1150. The molecular weight excluding hydrogens is 432 g/mol. The number of nitrogens with one attached hydrogen (secondary N) is 2. The molecule has 0 heterocycles. The van der Waals surface area contributed by atoms with E-state index in [1.165, 1.54) is 6.92 Å². The second-order valence-corrected chi connectivity index (χ2v) is 8.28. The highest BCUT2D eigenvalue weighted by molar-refractivity contribution is 5.89. The number of aliphatic carboxylic acids is 1. The van der Waals surface area contributed by atoms with Gasteiger partial charge in [0.2, 0.25) is 5.91 Å². The van der Waals surface area contributed by atoms with Gasteiger partial charge < -0.3 is 20.5 Å². The zero-order valence-electron chi connectivity index (χ0n) is 18.7. The van der Waals surface area contributed by atoms with Crippen LogP contribution in [-0.2, 0) is 20.7 Å². The van der Waals surface area contributed by atoms with Crippen LogP contribution in [0.4, 0.5) is 4.79 Å². The summed E-state index contributed by atoms with van der Waals surface area (Å²) >= 11 is 0. The lowest BCUT2D eigenvalue weighted by Gasteiger charge is -2.21. The molecule has 3 N–H and O–H groups in total. The molecule has 1 aliphatic rings. The van der Waals surface area contributed by atoms with E-state index in [2.05, 4.69) is 22.8 Å². The van der Waals surface area contributed by atoms with Crippen LogP contribution in [0.25, 0.3) is 11.1 Å². The van der Waals surface area contributed by atoms with Crippen molar-refractivity contribution < 1.29 is 24.2 Å². The molecule has 2 amide bonds. The van der Waals surface area contributed by atoms with E-state index in [9.17, 15) is 14.4 Å². The SMILES string of the molecule is C[C@H](NC(=O)[C@@H](Cc1ccccc1)NC(=O)OCC1c2ccccc2-c2ccccc21)C(=O)O. The summed E-state index contributed by atoms with van der Waals surface area (Å²) in [5, 5.41) is 14.2. The highest BCUT2D eigenvalue weighted by atomic mass is 16.5. The number of carboxylic acids is 1. The number of amides is 2. The molecule has 174 valence electrons. The number of rotatable bonds is 8. The molecular formula is C27H26N2O5. The van der Waals surface area contributed by atoms with Crippen LogP contribution in [0.15, 0.2) is 78.9 Å². The van der Waals surface area contributed by atoms with E-state index in [1.54, 1.807) is 0 Å². The Morgan fingerprint density at radius 1 is 0.853 bits per heavy atom.